The van der Waals surface area contributed by atoms with Crippen molar-refractivity contribution in [1.29, 1.82) is 0 Å². The first-order chi connectivity index (χ1) is 10.2. The number of carbonyl (C=O) groups is 1. The van der Waals surface area contributed by atoms with E-state index in [0.717, 1.165) is 43.4 Å². The first kappa shape index (κ1) is 13.9. The number of hydrogen-bond donors (Lipinski definition) is 3. The number of nitrogens with one attached hydrogen (secondary N) is 2. The fourth-order valence-corrected chi connectivity index (χ4v) is 3.00. The van der Waals surface area contributed by atoms with Crippen molar-refractivity contribution >= 4 is 22.5 Å². The van der Waals surface area contributed by atoms with Crippen LogP contribution < -0.4 is 11.1 Å². The predicted octanol–water partition coefficient (Wildman–Crippen LogP) is 1.96. The lowest BCUT2D eigenvalue weighted by Crippen LogP contribution is -2.47. The number of nitrogens with zero attached hydrogens (tertiary/aromatic N) is 1. The number of carbonyl (C=O) groups excluding carboxylic acids is 1. The molecule has 21 heavy (non-hydrogen) atoms. The Bertz CT molecular complexity index is 649. The van der Waals surface area contributed by atoms with E-state index >= 15 is 0 Å². The van der Waals surface area contributed by atoms with Crippen LogP contribution in [0.2, 0.25) is 0 Å². The summed E-state index contributed by atoms with van der Waals surface area (Å²) in [6, 6.07) is 7.72. The van der Waals surface area contributed by atoms with Crippen LogP contribution in [0.1, 0.15) is 30.3 Å². The quantitative estimate of drug-likeness (QED) is 0.755. The van der Waals surface area contributed by atoms with Crippen molar-refractivity contribution in [2.24, 2.45) is 0 Å². The van der Waals surface area contributed by atoms with Crippen molar-refractivity contribution in [3.63, 3.8) is 0 Å². The Labute approximate surface area is 124 Å². The molecule has 1 aliphatic rings. The minimum absolute atomic E-state index is 0.0345. The lowest BCUT2D eigenvalue weighted by Gasteiger charge is -2.32. The van der Waals surface area contributed by atoms with Crippen LogP contribution in [0, 0.1) is 0 Å². The number of H-pyrrole nitrogens is 1. The summed E-state index contributed by atoms with van der Waals surface area (Å²) in [4.78, 5) is 17.9. The zero-order chi connectivity index (χ0) is 14.8. The number of likely N-dealkylation sites (tertiary alicyclic amines) is 1. The molecular weight excluding hydrogens is 264 g/mol. The number of nitrogen functional groups attached to an aromatic ring is 1. The Kier molecular flexibility index (Phi) is 3.84. The van der Waals surface area contributed by atoms with Gasteiger partial charge in [0.1, 0.15) is 5.69 Å². The topological polar surface area (TPSA) is 74.2 Å². The van der Waals surface area contributed by atoms with Crippen LogP contribution in [-0.4, -0.2) is 41.5 Å². The van der Waals surface area contributed by atoms with Crippen LogP contribution in [0.3, 0.4) is 0 Å². The summed E-state index contributed by atoms with van der Waals surface area (Å²) in [5, 5.41) is 4.10. The van der Waals surface area contributed by atoms with Gasteiger partial charge < -0.3 is 20.9 Å². The van der Waals surface area contributed by atoms with Gasteiger partial charge in [-0.05, 0) is 50.2 Å². The second-order valence-corrected chi connectivity index (χ2v) is 5.74. The first-order valence-corrected chi connectivity index (χ1v) is 7.57. The average molecular weight is 286 g/mol. The molecule has 3 rings (SSSR count). The lowest BCUT2D eigenvalue weighted by atomic mass is 10.1. The molecule has 1 aromatic carbocycles. The van der Waals surface area contributed by atoms with E-state index in [0.29, 0.717) is 11.4 Å². The molecule has 1 unspecified atom stereocenters. The molecule has 0 aliphatic carbocycles. The van der Waals surface area contributed by atoms with E-state index in [1.807, 2.05) is 24.3 Å². The Hall–Kier alpha value is -2.01. The Morgan fingerprint density at radius 1 is 1.48 bits per heavy atom. The fourth-order valence-electron chi connectivity index (χ4n) is 3.00. The van der Waals surface area contributed by atoms with Gasteiger partial charge in [-0.25, -0.2) is 0 Å². The maximum atomic E-state index is 12.4. The number of likely N-dealkylation sites (N-methyl/N-ethyl adjacent to an activating group) is 1. The molecule has 0 spiro atoms. The zero-order valence-corrected chi connectivity index (χ0v) is 12.4. The van der Waals surface area contributed by atoms with Crippen molar-refractivity contribution in [2.75, 3.05) is 25.4 Å². The van der Waals surface area contributed by atoms with Gasteiger partial charge in [0.2, 0.25) is 0 Å². The Balaban J connectivity index is 1.71. The number of aromatic amines is 1. The summed E-state index contributed by atoms with van der Waals surface area (Å²) in [6.45, 7) is 5.27. The van der Waals surface area contributed by atoms with E-state index in [1.165, 1.54) is 0 Å². The van der Waals surface area contributed by atoms with Gasteiger partial charge in [0, 0.05) is 29.2 Å². The number of rotatable bonds is 3. The molecule has 1 fully saturated rings. The predicted molar refractivity (Wildman–Crippen MR) is 85.3 cm³/mol. The van der Waals surface area contributed by atoms with Crippen LogP contribution in [0.15, 0.2) is 24.3 Å². The van der Waals surface area contributed by atoms with Crippen molar-refractivity contribution in [3.05, 3.63) is 30.0 Å². The summed E-state index contributed by atoms with van der Waals surface area (Å²) < 4.78 is 0. The molecule has 0 radical (unpaired) electrons. The minimum Gasteiger partial charge on any atom is -0.399 e. The molecule has 4 N–H and O–H groups in total. The normalized spacial score (nSPS) is 19.8. The molecule has 1 saturated heterocycles. The molecule has 0 saturated carbocycles. The van der Waals surface area contributed by atoms with Crippen LogP contribution >= 0.6 is 0 Å². The highest BCUT2D eigenvalue weighted by Crippen LogP contribution is 2.19. The van der Waals surface area contributed by atoms with E-state index < -0.39 is 0 Å². The van der Waals surface area contributed by atoms with Crippen molar-refractivity contribution < 1.29 is 4.79 Å². The second kappa shape index (κ2) is 5.77. The molecule has 5 nitrogen and oxygen atoms in total. The third-order valence-corrected chi connectivity index (χ3v) is 4.18. The van der Waals surface area contributed by atoms with E-state index in [1.54, 1.807) is 0 Å². The summed E-state index contributed by atoms with van der Waals surface area (Å²) >= 11 is 0. The van der Waals surface area contributed by atoms with Gasteiger partial charge in [-0.3, -0.25) is 4.79 Å². The van der Waals surface area contributed by atoms with Crippen molar-refractivity contribution in [3.8, 4) is 0 Å². The number of hydrogen-bond acceptors (Lipinski definition) is 3. The highest BCUT2D eigenvalue weighted by atomic mass is 16.1. The van der Waals surface area contributed by atoms with Crippen molar-refractivity contribution in [1.82, 2.24) is 15.2 Å². The molecule has 0 bridgehead atoms. The number of fused-ring (bicyclic) bond motifs is 1. The third-order valence-electron chi connectivity index (χ3n) is 4.18. The highest BCUT2D eigenvalue weighted by Gasteiger charge is 2.21. The molecule has 1 amide bonds. The molecule has 2 heterocycles. The first-order valence-electron chi connectivity index (χ1n) is 7.57. The fraction of sp³-hybridized carbons (Fsp3) is 0.438. The third kappa shape index (κ3) is 3.03. The molecule has 5 heteroatoms. The minimum atomic E-state index is -0.0345. The maximum Gasteiger partial charge on any atom is 0.267 e. The Morgan fingerprint density at radius 2 is 2.33 bits per heavy atom. The summed E-state index contributed by atoms with van der Waals surface area (Å²) in [6.07, 6.45) is 2.19. The van der Waals surface area contributed by atoms with Gasteiger partial charge in [-0.1, -0.05) is 6.92 Å². The van der Waals surface area contributed by atoms with Gasteiger partial charge in [0.25, 0.3) is 5.91 Å². The highest BCUT2D eigenvalue weighted by molar-refractivity contribution is 5.98. The number of anilines is 1. The standard InChI is InChI=1S/C16H22N4O/c1-2-20-7-3-4-13(10-20)18-16(21)15-9-11-8-12(17)5-6-14(11)19-15/h5-6,8-9,13,19H,2-4,7,10,17H2,1H3,(H,18,21). The van der Waals surface area contributed by atoms with Gasteiger partial charge in [-0.2, -0.15) is 0 Å². The van der Waals surface area contributed by atoms with Crippen LogP contribution in [-0.2, 0) is 0 Å². The van der Waals surface area contributed by atoms with Crippen LogP contribution in [0.4, 0.5) is 5.69 Å². The molecule has 1 atom stereocenters. The average Bonchev–Trinajstić information content (AvgIpc) is 2.90. The summed E-state index contributed by atoms with van der Waals surface area (Å²) in [5.41, 5.74) is 8.02. The smallest absolute Gasteiger partial charge is 0.267 e. The maximum absolute atomic E-state index is 12.4. The van der Waals surface area contributed by atoms with Gasteiger partial charge >= 0.3 is 0 Å². The summed E-state index contributed by atoms with van der Waals surface area (Å²) in [7, 11) is 0. The lowest BCUT2D eigenvalue weighted by molar-refractivity contribution is 0.0901. The number of benzene rings is 1. The van der Waals surface area contributed by atoms with Crippen molar-refractivity contribution in [2.45, 2.75) is 25.8 Å². The van der Waals surface area contributed by atoms with E-state index in [2.05, 4.69) is 22.1 Å². The summed E-state index contributed by atoms with van der Waals surface area (Å²) in [5.74, 6) is -0.0345. The monoisotopic (exact) mass is 286 g/mol. The van der Waals surface area contributed by atoms with E-state index in [9.17, 15) is 4.79 Å². The second-order valence-electron chi connectivity index (χ2n) is 5.74. The SMILES string of the molecule is CCN1CCCC(NC(=O)c2cc3cc(N)ccc3[nH]2)C1. The molecule has 112 valence electrons. The van der Waals surface area contributed by atoms with Gasteiger partial charge in [0.15, 0.2) is 0 Å². The van der Waals surface area contributed by atoms with Gasteiger partial charge in [0.05, 0.1) is 0 Å². The van der Waals surface area contributed by atoms with Crippen LogP contribution in [0.5, 0.6) is 0 Å². The molecular formula is C16H22N4O. The largest absolute Gasteiger partial charge is 0.399 e. The molecule has 1 aromatic heterocycles. The molecule has 2 aromatic rings. The number of piperidine rings is 1. The molecule has 1 aliphatic heterocycles. The zero-order valence-electron chi connectivity index (χ0n) is 12.4. The van der Waals surface area contributed by atoms with Crippen LogP contribution in [0.25, 0.3) is 10.9 Å². The number of aromatic nitrogens is 1. The number of nitrogens with two attached hydrogens (primary N) is 1. The number of amides is 1. The van der Waals surface area contributed by atoms with E-state index in [4.69, 9.17) is 5.73 Å². The van der Waals surface area contributed by atoms with E-state index in [-0.39, 0.29) is 11.9 Å². The Morgan fingerprint density at radius 3 is 3.14 bits per heavy atom. The van der Waals surface area contributed by atoms with Gasteiger partial charge in [-0.15, -0.1) is 0 Å².